The fourth-order valence-corrected chi connectivity index (χ4v) is 7.87. The second-order valence-corrected chi connectivity index (χ2v) is 11.0. The topological polar surface area (TPSA) is 144 Å². The average molecular weight is 437 g/mol. The summed E-state index contributed by atoms with van der Waals surface area (Å²) in [4.78, 5) is 5.26. The number of oxime groups is 1. The van der Waals surface area contributed by atoms with E-state index in [1.807, 2.05) is 6.92 Å². The van der Waals surface area contributed by atoms with E-state index >= 15 is 0 Å². The van der Waals surface area contributed by atoms with Crippen LogP contribution < -0.4 is 11.1 Å². The summed E-state index contributed by atoms with van der Waals surface area (Å²) in [5.41, 5.74) is 2.62. The molecule has 0 amide bonds. The molecule has 4 fully saturated rings. The molecule has 8 heteroatoms. The third-order valence-electron chi connectivity index (χ3n) is 9.88. The molecule has 31 heavy (non-hydrogen) atoms. The lowest BCUT2D eigenvalue weighted by atomic mass is 9.43. The summed E-state index contributed by atoms with van der Waals surface area (Å²) in [7, 11) is 0. The van der Waals surface area contributed by atoms with Gasteiger partial charge in [-0.2, -0.15) is 0 Å². The van der Waals surface area contributed by atoms with E-state index in [1.165, 1.54) is 6.21 Å². The van der Waals surface area contributed by atoms with Gasteiger partial charge >= 0.3 is 0 Å². The molecule has 0 aliphatic heterocycles. The highest BCUT2D eigenvalue weighted by atomic mass is 16.6. The third kappa shape index (κ3) is 3.45. The molecule has 4 aliphatic carbocycles. The molecule has 8 atom stereocenters. The van der Waals surface area contributed by atoms with Crippen molar-refractivity contribution in [3.63, 3.8) is 0 Å². The van der Waals surface area contributed by atoms with Gasteiger partial charge in [-0.05, 0) is 81.0 Å². The van der Waals surface area contributed by atoms with E-state index in [4.69, 9.17) is 16.0 Å². The van der Waals surface area contributed by atoms with Gasteiger partial charge in [0.2, 0.25) is 0 Å². The molecule has 4 aliphatic rings. The summed E-state index contributed by atoms with van der Waals surface area (Å²) in [6, 6.07) is 0. The molecule has 0 saturated heterocycles. The van der Waals surface area contributed by atoms with E-state index in [-0.39, 0.29) is 30.0 Å². The zero-order valence-corrected chi connectivity index (χ0v) is 18.9. The Morgan fingerprint density at radius 3 is 2.65 bits per heavy atom. The minimum atomic E-state index is -1.21. The van der Waals surface area contributed by atoms with Gasteiger partial charge in [-0.25, -0.2) is 0 Å². The Bertz CT molecular complexity index is 734. The third-order valence-corrected chi connectivity index (χ3v) is 9.88. The Balaban J connectivity index is 1.50. The molecule has 4 rings (SSSR count). The number of rotatable bonds is 5. The molecule has 0 spiro atoms. The summed E-state index contributed by atoms with van der Waals surface area (Å²) < 4.78 is 0. The molecule has 8 nitrogen and oxygen atoms in total. The molecule has 4 saturated carbocycles. The van der Waals surface area contributed by atoms with E-state index in [0.29, 0.717) is 31.2 Å². The Hall–Kier alpha value is -1.38. The molecular weight excluding hydrogens is 396 g/mol. The van der Waals surface area contributed by atoms with Gasteiger partial charge in [-0.1, -0.05) is 19.0 Å². The lowest BCUT2D eigenvalue weighted by Crippen LogP contribution is -2.65. The number of nitrogens with zero attached hydrogens (tertiary/aromatic N) is 1. The molecule has 0 aromatic rings. The highest BCUT2D eigenvalue weighted by Gasteiger charge is 2.71. The minimum absolute atomic E-state index is 0.118. The van der Waals surface area contributed by atoms with E-state index in [1.54, 1.807) is 0 Å². The largest absolute Gasteiger partial charge is 0.394 e. The van der Waals surface area contributed by atoms with E-state index in [9.17, 15) is 15.3 Å². The molecule has 0 aromatic heterocycles. The number of aliphatic hydroxyl groups is 3. The van der Waals surface area contributed by atoms with Gasteiger partial charge in [0, 0.05) is 5.41 Å². The summed E-state index contributed by atoms with van der Waals surface area (Å²) >= 11 is 0. The first kappa shape index (κ1) is 22.8. The Labute approximate surface area is 185 Å². The van der Waals surface area contributed by atoms with Crippen LogP contribution in [-0.4, -0.2) is 58.0 Å². The van der Waals surface area contributed by atoms with Gasteiger partial charge < -0.3 is 31.2 Å². The van der Waals surface area contributed by atoms with Crippen LogP contribution in [0, 0.1) is 34.0 Å². The maximum absolute atomic E-state index is 12.1. The summed E-state index contributed by atoms with van der Waals surface area (Å²) in [5, 5.41) is 47.7. The second kappa shape index (κ2) is 7.89. The van der Waals surface area contributed by atoms with Crippen LogP contribution in [0.15, 0.2) is 5.16 Å². The van der Waals surface area contributed by atoms with E-state index in [0.717, 1.165) is 44.9 Å². The van der Waals surface area contributed by atoms with Crippen LogP contribution >= 0.6 is 0 Å². The molecule has 0 heterocycles. The number of fused-ring (bicyclic) bond motifs is 5. The van der Waals surface area contributed by atoms with Crippen molar-refractivity contribution in [1.29, 1.82) is 5.41 Å². The second-order valence-electron chi connectivity index (χ2n) is 11.0. The maximum atomic E-state index is 12.1. The predicted octanol–water partition coefficient (Wildman–Crippen LogP) is 1.72. The molecule has 0 unspecified atom stereocenters. The molecule has 7 N–H and O–H groups in total. The van der Waals surface area contributed by atoms with E-state index in [2.05, 4.69) is 17.4 Å². The summed E-state index contributed by atoms with van der Waals surface area (Å²) in [6.07, 6.45) is 8.89. The zero-order valence-electron chi connectivity index (χ0n) is 18.9. The van der Waals surface area contributed by atoms with E-state index < -0.39 is 16.6 Å². The first-order chi connectivity index (χ1) is 14.6. The number of guanidine groups is 1. The van der Waals surface area contributed by atoms with Crippen molar-refractivity contribution < 1.29 is 20.2 Å². The van der Waals surface area contributed by atoms with Gasteiger partial charge in [0.05, 0.1) is 24.5 Å². The van der Waals surface area contributed by atoms with Crippen LogP contribution in [0.5, 0.6) is 0 Å². The Kier molecular flexibility index (Phi) is 5.80. The monoisotopic (exact) mass is 436 g/mol. The maximum Gasteiger partial charge on any atom is 0.185 e. The lowest BCUT2D eigenvalue weighted by molar-refractivity contribution is -0.224. The first-order valence-electron chi connectivity index (χ1n) is 11.9. The molecule has 0 aromatic carbocycles. The van der Waals surface area contributed by atoms with Crippen LogP contribution in [0.25, 0.3) is 0 Å². The quantitative estimate of drug-likeness (QED) is 0.168. The van der Waals surface area contributed by atoms with Crippen molar-refractivity contribution in [3.8, 4) is 0 Å². The average Bonchev–Trinajstić information content (AvgIpc) is 2.92. The SMILES string of the molecule is C[C@]12CC[C@H](O)C[C@H]1CC[C@@H]1[C@@H]2CC[C@]2(C)[C@@](O)(/C=N/OCCNC(=N)N)CC[C@]12O. The summed E-state index contributed by atoms with van der Waals surface area (Å²) in [5.74, 6) is 1.02. The summed E-state index contributed by atoms with van der Waals surface area (Å²) in [6.45, 7) is 5.02. The number of aliphatic hydroxyl groups excluding tert-OH is 1. The van der Waals surface area contributed by atoms with Gasteiger partial charge in [-0.15, -0.1) is 0 Å². The van der Waals surface area contributed by atoms with Gasteiger partial charge in [0.25, 0.3) is 0 Å². The van der Waals surface area contributed by atoms with Crippen LogP contribution in [0.1, 0.15) is 71.6 Å². The lowest BCUT2D eigenvalue weighted by Gasteiger charge is -2.64. The first-order valence-corrected chi connectivity index (χ1v) is 11.9. The molecule has 0 bridgehead atoms. The van der Waals surface area contributed by atoms with Crippen molar-refractivity contribution in [1.82, 2.24) is 5.32 Å². The fraction of sp³-hybridized carbons (Fsp3) is 0.913. The fourth-order valence-electron chi connectivity index (χ4n) is 7.87. The van der Waals surface area contributed by atoms with Crippen molar-refractivity contribution in [2.75, 3.05) is 13.2 Å². The Morgan fingerprint density at radius 2 is 1.90 bits per heavy atom. The van der Waals surface area contributed by atoms with Gasteiger partial charge in [0.15, 0.2) is 5.96 Å². The van der Waals surface area contributed by atoms with Crippen LogP contribution in [0.3, 0.4) is 0 Å². The standard InChI is InChI=1S/C23H40N4O4/c1-20-7-5-16(28)13-15(20)3-4-18-17(20)6-8-21(2)22(29,9-10-23(18,21)30)14-27-31-12-11-26-19(24)25/h14-18,28-30H,3-13H2,1-2H3,(H4,24,25,26)/b27-14+/t15-,16+,17+,18-,20+,21-,22+,23+/m1/s1. The number of nitrogens with two attached hydrogens (primary N) is 1. The molecule has 176 valence electrons. The zero-order chi connectivity index (χ0) is 22.5. The van der Waals surface area contributed by atoms with Crippen LogP contribution in [0.2, 0.25) is 0 Å². The minimum Gasteiger partial charge on any atom is -0.394 e. The number of nitrogens with one attached hydrogen (secondary N) is 2. The van der Waals surface area contributed by atoms with Gasteiger partial charge in [-0.3, -0.25) is 5.41 Å². The van der Waals surface area contributed by atoms with Crippen LogP contribution in [0.4, 0.5) is 0 Å². The highest BCUT2D eigenvalue weighted by molar-refractivity contribution is 5.74. The van der Waals surface area contributed by atoms with Crippen molar-refractivity contribution >= 4 is 12.2 Å². The van der Waals surface area contributed by atoms with Crippen molar-refractivity contribution in [2.45, 2.75) is 88.9 Å². The number of hydrogen-bond donors (Lipinski definition) is 6. The molecule has 0 radical (unpaired) electrons. The predicted molar refractivity (Wildman–Crippen MR) is 119 cm³/mol. The molecular formula is C23H40N4O4. The normalized spacial score (nSPS) is 49.2. The van der Waals surface area contributed by atoms with Crippen molar-refractivity contribution in [3.05, 3.63) is 0 Å². The van der Waals surface area contributed by atoms with Gasteiger partial charge in [0.1, 0.15) is 12.2 Å². The van der Waals surface area contributed by atoms with Crippen molar-refractivity contribution in [2.24, 2.45) is 39.5 Å². The Morgan fingerprint density at radius 1 is 1.13 bits per heavy atom. The number of hydrogen-bond acceptors (Lipinski definition) is 6. The highest BCUT2D eigenvalue weighted by Crippen LogP contribution is 2.69. The smallest absolute Gasteiger partial charge is 0.185 e. The van der Waals surface area contributed by atoms with Crippen LogP contribution in [-0.2, 0) is 4.84 Å².